The highest BCUT2D eigenvalue weighted by Gasteiger charge is 2.17. The molecular formula is C20H33N3O. The zero-order valence-corrected chi connectivity index (χ0v) is 15.3. The molecule has 0 spiro atoms. The predicted molar refractivity (Wildman–Crippen MR) is 98.8 cm³/mol. The highest BCUT2D eigenvalue weighted by atomic mass is 16.3. The quantitative estimate of drug-likeness (QED) is 0.664. The minimum absolute atomic E-state index is 0. The number of hydrogen-bond donors (Lipinski definition) is 2. The van der Waals surface area contributed by atoms with Crippen molar-refractivity contribution in [1.29, 1.82) is 0 Å². The zero-order valence-electron chi connectivity index (χ0n) is 15.3. The molecule has 0 aliphatic carbocycles. The van der Waals surface area contributed by atoms with Crippen molar-refractivity contribution >= 4 is 0 Å². The Morgan fingerprint density at radius 1 is 0.958 bits per heavy atom. The number of rotatable bonds is 4. The molecule has 0 amide bonds. The van der Waals surface area contributed by atoms with Gasteiger partial charge >= 0.3 is 0 Å². The van der Waals surface area contributed by atoms with Crippen LogP contribution in [0.3, 0.4) is 0 Å². The van der Waals surface area contributed by atoms with E-state index in [-0.39, 0.29) is 21.0 Å². The van der Waals surface area contributed by atoms with Gasteiger partial charge in [0.25, 0.3) is 0 Å². The lowest BCUT2D eigenvalue weighted by Crippen LogP contribution is -2.42. The van der Waals surface area contributed by atoms with Gasteiger partial charge in [-0.15, -0.1) is 0 Å². The van der Waals surface area contributed by atoms with Gasteiger partial charge in [0.05, 0.1) is 6.04 Å². The minimum atomic E-state index is -0.271. The molecule has 0 saturated carbocycles. The normalized spacial score (nSPS) is 16.8. The smallest absolute Gasteiger partial charge is 0.173 e. The van der Waals surface area contributed by atoms with E-state index in [9.17, 15) is 0 Å². The lowest BCUT2D eigenvalue weighted by molar-refractivity contribution is -0.703. The van der Waals surface area contributed by atoms with E-state index < -0.39 is 0 Å². The topological polar surface area (TPSA) is 40.0 Å². The Morgan fingerprint density at radius 2 is 1.50 bits per heavy atom. The van der Waals surface area contributed by atoms with Gasteiger partial charge in [-0.25, -0.2) is 9.13 Å². The molecular weight excluding hydrogens is 298 g/mol. The Balaban J connectivity index is 0.000000413. The number of aromatic nitrogens is 2. The zero-order chi connectivity index (χ0) is 15.6. The van der Waals surface area contributed by atoms with Gasteiger partial charge < -0.3 is 25.3 Å². The summed E-state index contributed by atoms with van der Waals surface area (Å²) in [4.78, 5) is 0. The Bertz CT molecular complexity index is 511. The van der Waals surface area contributed by atoms with Gasteiger partial charge in [0.15, 0.2) is 37.9 Å². The van der Waals surface area contributed by atoms with Crippen LogP contribution in [0, 0.1) is 14.9 Å². The van der Waals surface area contributed by atoms with E-state index >= 15 is 0 Å². The van der Waals surface area contributed by atoms with E-state index in [1.165, 1.54) is 19.4 Å². The van der Waals surface area contributed by atoms with Gasteiger partial charge in [0.1, 0.15) is 6.10 Å². The van der Waals surface area contributed by atoms with Crippen LogP contribution >= 0.6 is 0 Å². The SMILES string of the molecule is C[C@H](O)C[n+]1ccccc1.[CH3-].[CH3-].c1cc[n+](CC2CCCN2)cc1. The van der Waals surface area contributed by atoms with E-state index in [0.717, 1.165) is 6.54 Å². The summed E-state index contributed by atoms with van der Waals surface area (Å²) >= 11 is 0. The van der Waals surface area contributed by atoms with Crippen LogP contribution in [0.15, 0.2) is 61.2 Å². The summed E-state index contributed by atoms with van der Waals surface area (Å²) in [5.41, 5.74) is 0. The molecule has 1 unspecified atom stereocenters. The van der Waals surface area contributed by atoms with Crippen molar-refractivity contribution in [2.24, 2.45) is 0 Å². The molecule has 2 N–H and O–H groups in total. The average molecular weight is 332 g/mol. The van der Waals surface area contributed by atoms with Crippen molar-refractivity contribution in [2.75, 3.05) is 6.54 Å². The maximum atomic E-state index is 8.98. The first-order valence-electron chi connectivity index (χ1n) is 8.03. The fourth-order valence-electron chi connectivity index (χ4n) is 2.58. The summed E-state index contributed by atoms with van der Waals surface area (Å²) < 4.78 is 4.19. The first kappa shape index (κ1) is 22.2. The molecule has 1 saturated heterocycles. The summed E-state index contributed by atoms with van der Waals surface area (Å²) in [6, 6.07) is 12.8. The maximum Gasteiger partial charge on any atom is 0.173 e. The fraction of sp³-hybridized carbons (Fsp3) is 0.400. The third kappa shape index (κ3) is 8.75. The largest absolute Gasteiger partial charge is 0.387 e. The number of nitrogens with one attached hydrogen (secondary N) is 1. The molecule has 2 aromatic heterocycles. The average Bonchev–Trinajstić information content (AvgIpc) is 3.02. The summed E-state index contributed by atoms with van der Waals surface area (Å²) in [5, 5.41) is 12.5. The van der Waals surface area contributed by atoms with Crippen LogP contribution < -0.4 is 14.5 Å². The molecule has 2 aromatic rings. The molecule has 0 bridgehead atoms. The van der Waals surface area contributed by atoms with Crippen molar-refractivity contribution in [2.45, 2.75) is 45.0 Å². The van der Waals surface area contributed by atoms with Crippen molar-refractivity contribution in [1.82, 2.24) is 5.32 Å². The highest BCUT2D eigenvalue weighted by Crippen LogP contribution is 2.03. The Morgan fingerprint density at radius 3 is 1.96 bits per heavy atom. The van der Waals surface area contributed by atoms with Crippen LogP contribution in [0.2, 0.25) is 0 Å². The van der Waals surface area contributed by atoms with Crippen LogP contribution in [0.1, 0.15) is 19.8 Å². The van der Waals surface area contributed by atoms with Gasteiger partial charge in [-0.3, -0.25) is 0 Å². The number of aliphatic hydroxyl groups excluding tert-OH is 1. The summed E-state index contributed by atoms with van der Waals surface area (Å²) in [5.74, 6) is 0. The highest BCUT2D eigenvalue weighted by molar-refractivity contribution is 4.84. The van der Waals surface area contributed by atoms with E-state index in [1.807, 2.05) is 35.2 Å². The molecule has 24 heavy (non-hydrogen) atoms. The fourth-order valence-corrected chi connectivity index (χ4v) is 2.58. The second-order valence-corrected chi connectivity index (χ2v) is 5.79. The van der Waals surface area contributed by atoms with Gasteiger partial charge in [0, 0.05) is 24.3 Å². The molecule has 3 rings (SSSR count). The molecule has 4 heteroatoms. The van der Waals surface area contributed by atoms with Crippen LogP contribution in [0.5, 0.6) is 0 Å². The van der Waals surface area contributed by atoms with Crippen LogP contribution in [-0.4, -0.2) is 23.8 Å². The van der Waals surface area contributed by atoms with Gasteiger partial charge in [0.2, 0.25) is 0 Å². The molecule has 4 nitrogen and oxygen atoms in total. The van der Waals surface area contributed by atoms with E-state index in [1.54, 1.807) is 6.92 Å². The summed E-state index contributed by atoms with van der Waals surface area (Å²) in [6.07, 6.45) is 10.5. The van der Waals surface area contributed by atoms with Crippen LogP contribution in [-0.2, 0) is 13.1 Å². The standard InChI is InChI=1S/C10H15N2.C8H12NO.2CH3/c1-2-7-12(8-3-1)9-10-5-4-6-11-10;1-8(10)7-9-5-3-2-4-6-9;;/h1-3,7-8,10-11H,4-6,9H2;2-6,8,10H,7H2,1H3;2*1H3/q2*+1;2*-1/t;8-;;/m.0../s1. The molecule has 3 heterocycles. The maximum absolute atomic E-state index is 8.98. The summed E-state index contributed by atoms with van der Waals surface area (Å²) in [6.45, 7) is 4.75. The first-order chi connectivity index (χ1) is 10.7. The molecule has 1 fully saturated rings. The Labute approximate surface area is 147 Å². The lowest BCUT2D eigenvalue weighted by Gasteiger charge is -2.04. The van der Waals surface area contributed by atoms with E-state index in [4.69, 9.17) is 5.11 Å². The third-order valence-corrected chi connectivity index (χ3v) is 3.62. The van der Waals surface area contributed by atoms with E-state index in [0.29, 0.717) is 12.6 Å². The Kier molecular flexibility index (Phi) is 11.7. The third-order valence-electron chi connectivity index (χ3n) is 3.62. The second-order valence-electron chi connectivity index (χ2n) is 5.79. The van der Waals surface area contributed by atoms with Crippen molar-refractivity contribution in [3.05, 3.63) is 76.0 Å². The lowest BCUT2D eigenvalue weighted by atomic mass is 10.2. The molecule has 0 aromatic carbocycles. The minimum Gasteiger partial charge on any atom is -0.387 e. The number of nitrogens with zero attached hydrogens (tertiary/aromatic N) is 2. The van der Waals surface area contributed by atoms with Gasteiger partial charge in [-0.05, 0) is 26.3 Å². The molecule has 1 aliphatic rings. The van der Waals surface area contributed by atoms with Crippen LogP contribution in [0.4, 0.5) is 0 Å². The molecule has 1 aliphatic heterocycles. The first-order valence-corrected chi connectivity index (χ1v) is 8.03. The molecule has 2 atom stereocenters. The van der Waals surface area contributed by atoms with Crippen molar-refractivity contribution in [3.8, 4) is 0 Å². The van der Waals surface area contributed by atoms with E-state index in [2.05, 4.69) is 40.5 Å². The Hall–Kier alpha value is -1.78. The number of aliphatic hydroxyl groups is 1. The predicted octanol–water partition coefficient (Wildman–Crippen LogP) is 1.98. The van der Waals surface area contributed by atoms with Crippen molar-refractivity contribution in [3.63, 3.8) is 0 Å². The monoisotopic (exact) mass is 331 g/mol. The summed E-state index contributed by atoms with van der Waals surface area (Å²) in [7, 11) is 0. The molecule has 134 valence electrons. The van der Waals surface area contributed by atoms with Crippen LogP contribution in [0.25, 0.3) is 0 Å². The second kappa shape index (κ2) is 12.6. The number of hydrogen-bond acceptors (Lipinski definition) is 2. The van der Waals surface area contributed by atoms with Gasteiger partial charge in [-0.1, -0.05) is 12.1 Å². The number of pyridine rings is 2. The van der Waals surface area contributed by atoms with Crippen molar-refractivity contribution < 1.29 is 14.2 Å². The van der Waals surface area contributed by atoms with Gasteiger partial charge in [-0.2, -0.15) is 0 Å². The molecule has 0 radical (unpaired) electrons.